The molecule has 102 valence electrons. The molecule has 0 aliphatic rings. The van der Waals surface area contributed by atoms with E-state index in [1.165, 1.54) is 38.5 Å². The van der Waals surface area contributed by atoms with Crippen LogP contribution in [0.25, 0.3) is 0 Å². The van der Waals surface area contributed by atoms with Crippen molar-refractivity contribution >= 4 is 21.8 Å². The molecule has 0 bridgehead atoms. The molecule has 17 heavy (non-hydrogen) atoms. The number of hydrogen-bond donors (Lipinski definition) is 1. The van der Waals surface area contributed by atoms with Gasteiger partial charge in [0.05, 0.1) is 0 Å². The van der Waals surface area contributed by atoms with E-state index < -0.39 is 0 Å². The first-order valence-electron chi connectivity index (χ1n) is 7.11. The monoisotopic (exact) mass is 305 g/mol. The highest BCUT2D eigenvalue weighted by atomic mass is 79.9. The second-order valence-electron chi connectivity index (χ2n) is 4.68. The van der Waals surface area contributed by atoms with Gasteiger partial charge in [-0.25, -0.2) is 0 Å². The lowest BCUT2D eigenvalue weighted by atomic mass is 10.1. The molecular weight excluding hydrogens is 278 g/mol. The second-order valence-corrected chi connectivity index (χ2v) is 5.98. The van der Waals surface area contributed by atoms with E-state index in [-0.39, 0.29) is 5.91 Å². The van der Waals surface area contributed by atoms with E-state index in [4.69, 9.17) is 0 Å². The number of carbonyl (C=O) groups excluding carboxylic acids is 1. The van der Waals surface area contributed by atoms with Crippen LogP contribution in [0.5, 0.6) is 0 Å². The molecule has 1 atom stereocenters. The Morgan fingerprint density at radius 1 is 1.06 bits per heavy atom. The van der Waals surface area contributed by atoms with Crippen LogP contribution in [0.2, 0.25) is 0 Å². The summed E-state index contributed by atoms with van der Waals surface area (Å²) < 4.78 is 0. The molecule has 0 aliphatic heterocycles. The predicted octanol–water partition coefficient (Wildman–Crippen LogP) is 4.42. The maximum absolute atomic E-state index is 11.5. The van der Waals surface area contributed by atoms with Crippen molar-refractivity contribution in [3.63, 3.8) is 0 Å². The Morgan fingerprint density at radius 2 is 1.65 bits per heavy atom. The zero-order valence-corrected chi connectivity index (χ0v) is 13.0. The van der Waals surface area contributed by atoms with Gasteiger partial charge >= 0.3 is 0 Å². The van der Waals surface area contributed by atoms with Gasteiger partial charge in [0.1, 0.15) is 0 Å². The van der Waals surface area contributed by atoms with Crippen molar-refractivity contribution in [3.8, 4) is 0 Å². The SMILES string of the molecule is CCCCCCCCCC(=O)NCC(Br)CC. The van der Waals surface area contributed by atoms with E-state index in [0.717, 1.165) is 19.4 Å². The van der Waals surface area contributed by atoms with Gasteiger partial charge in [-0.15, -0.1) is 0 Å². The van der Waals surface area contributed by atoms with E-state index in [1.807, 2.05) is 0 Å². The Labute approximate surface area is 115 Å². The fraction of sp³-hybridized carbons (Fsp3) is 0.929. The molecule has 0 heterocycles. The third-order valence-corrected chi connectivity index (χ3v) is 3.94. The molecule has 1 amide bonds. The molecule has 3 heteroatoms. The molecular formula is C14H28BrNO. The number of unbranched alkanes of at least 4 members (excludes halogenated alkanes) is 6. The average molecular weight is 306 g/mol. The maximum Gasteiger partial charge on any atom is 0.220 e. The van der Waals surface area contributed by atoms with Crippen molar-refractivity contribution in [3.05, 3.63) is 0 Å². The summed E-state index contributed by atoms with van der Waals surface area (Å²) >= 11 is 3.51. The van der Waals surface area contributed by atoms with Gasteiger partial charge in [-0.3, -0.25) is 4.79 Å². The highest BCUT2D eigenvalue weighted by Gasteiger charge is 2.04. The number of carbonyl (C=O) groups is 1. The third kappa shape index (κ3) is 12.2. The summed E-state index contributed by atoms with van der Waals surface area (Å²) in [4.78, 5) is 11.9. The van der Waals surface area contributed by atoms with Crippen LogP contribution in [0, 0.1) is 0 Å². The van der Waals surface area contributed by atoms with E-state index in [9.17, 15) is 4.79 Å². The van der Waals surface area contributed by atoms with E-state index >= 15 is 0 Å². The Morgan fingerprint density at radius 3 is 2.24 bits per heavy atom. The molecule has 0 aromatic heterocycles. The highest BCUT2D eigenvalue weighted by molar-refractivity contribution is 9.09. The van der Waals surface area contributed by atoms with Gasteiger partial charge in [-0.1, -0.05) is 68.3 Å². The second kappa shape index (κ2) is 12.4. The first kappa shape index (κ1) is 16.9. The minimum Gasteiger partial charge on any atom is -0.355 e. The molecule has 0 aromatic rings. The molecule has 0 rings (SSSR count). The lowest BCUT2D eigenvalue weighted by Crippen LogP contribution is -2.28. The Balaban J connectivity index is 3.22. The highest BCUT2D eigenvalue weighted by Crippen LogP contribution is 2.08. The fourth-order valence-corrected chi connectivity index (χ4v) is 1.86. The molecule has 1 unspecified atom stereocenters. The van der Waals surface area contributed by atoms with Gasteiger partial charge in [0, 0.05) is 17.8 Å². The van der Waals surface area contributed by atoms with Gasteiger partial charge in [-0.05, 0) is 12.8 Å². The van der Waals surface area contributed by atoms with Crippen molar-refractivity contribution in [2.45, 2.75) is 76.5 Å². The summed E-state index contributed by atoms with van der Waals surface area (Å²) in [6.07, 6.45) is 10.6. The summed E-state index contributed by atoms with van der Waals surface area (Å²) in [6.45, 7) is 5.10. The minimum atomic E-state index is 0.205. The molecule has 0 aromatic carbocycles. The first-order chi connectivity index (χ1) is 8.20. The van der Waals surface area contributed by atoms with Gasteiger partial charge < -0.3 is 5.32 Å². The number of rotatable bonds is 11. The summed E-state index contributed by atoms with van der Waals surface area (Å²) in [6, 6.07) is 0. The third-order valence-electron chi connectivity index (χ3n) is 2.97. The molecule has 0 saturated carbocycles. The number of halogens is 1. The number of alkyl halides is 1. The lowest BCUT2D eigenvalue weighted by molar-refractivity contribution is -0.121. The molecule has 0 spiro atoms. The molecule has 2 nitrogen and oxygen atoms in total. The van der Waals surface area contributed by atoms with Crippen LogP contribution in [0.15, 0.2) is 0 Å². The predicted molar refractivity (Wildman–Crippen MR) is 78.6 cm³/mol. The van der Waals surface area contributed by atoms with Crippen LogP contribution < -0.4 is 5.32 Å². The van der Waals surface area contributed by atoms with Gasteiger partial charge in [0.25, 0.3) is 0 Å². The van der Waals surface area contributed by atoms with Crippen LogP contribution in [-0.2, 0) is 4.79 Å². The van der Waals surface area contributed by atoms with Crippen molar-refractivity contribution in [2.75, 3.05) is 6.54 Å². The Hall–Kier alpha value is -0.0500. The number of amides is 1. The number of hydrogen-bond acceptors (Lipinski definition) is 1. The molecule has 0 aliphatic carbocycles. The van der Waals surface area contributed by atoms with Crippen LogP contribution in [0.3, 0.4) is 0 Å². The van der Waals surface area contributed by atoms with Crippen LogP contribution in [-0.4, -0.2) is 17.3 Å². The lowest BCUT2D eigenvalue weighted by Gasteiger charge is -2.08. The Bertz CT molecular complexity index is 185. The normalized spacial score (nSPS) is 12.4. The maximum atomic E-state index is 11.5. The van der Waals surface area contributed by atoms with E-state index in [1.54, 1.807) is 0 Å². The molecule has 0 radical (unpaired) electrons. The fourth-order valence-electron chi connectivity index (χ4n) is 1.70. The molecule has 0 fully saturated rings. The van der Waals surface area contributed by atoms with Crippen molar-refractivity contribution in [2.24, 2.45) is 0 Å². The number of nitrogens with one attached hydrogen (secondary N) is 1. The van der Waals surface area contributed by atoms with Gasteiger partial charge in [0.2, 0.25) is 5.91 Å². The van der Waals surface area contributed by atoms with Gasteiger partial charge in [0.15, 0.2) is 0 Å². The van der Waals surface area contributed by atoms with E-state index in [2.05, 4.69) is 35.1 Å². The van der Waals surface area contributed by atoms with Crippen molar-refractivity contribution in [1.82, 2.24) is 5.32 Å². The zero-order chi connectivity index (χ0) is 12.9. The largest absolute Gasteiger partial charge is 0.355 e. The topological polar surface area (TPSA) is 29.1 Å². The summed E-state index contributed by atoms with van der Waals surface area (Å²) in [7, 11) is 0. The van der Waals surface area contributed by atoms with Crippen molar-refractivity contribution in [1.29, 1.82) is 0 Å². The Kier molecular flexibility index (Phi) is 12.4. The standard InChI is InChI=1S/C14H28BrNO/c1-3-5-6-7-8-9-10-11-14(17)16-12-13(15)4-2/h13H,3-12H2,1-2H3,(H,16,17). The molecule has 0 saturated heterocycles. The summed E-state index contributed by atoms with van der Waals surface area (Å²) in [5.74, 6) is 0.205. The quantitative estimate of drug-likeness (QED) is 0.444. The smallest absolute Gasteiger partial charge is 0.220 e. The average Bonchev–Trinajstić information content (AvgIpc) is 2.34. The van der Waals surface area contributed by atoms with Crippen LogP contribution in [0.1, 0.15) is 71.6 Å². The summed E-state index contributed by atoms with van der Waals surface area (Å²) in [5, 5.41) is 2.96. The van der Waals surface area contributed by atoms with Crippen LogP contribution in [0.4, 0.5) is 0 Å². The molecule has 1 N–H and O–H groups in total. The minimum absolute atomic E-state index is 0.205. The summed E-state index contributed by atoms with van der Waals surface area (Å²) in [5.41, 5.74) is 0. The van der Waals surface area contributed by atoms with Gasteiger partial charge in [-0.2, -0.15) is 0 Å². The van der Waals surface area contributed by atoms with E-state index in [0.29, 0.717) is 11.2 Å². The van der Waals surface area contributed by atoms with Crippen LogP contribution >= 0.6 is 15.9 Å². The zero-order valence-electron chi connectivity index (χ0n) is 11.4. The van der Waals surface area contributed by atoms with Crippen molar-refractivity contribution < 1.29 is 4.79 Å². The first-order valence-corrected chi connectivity index (χ1v) is 8.03.